The Balaban J connectivity index is 1.58. The first-order chi connectivity index (χ1) is 16.1. The molecule has 0 amide bonds. The van der Waals surface area contributed by atoms with Gasteiger partial charge in [0.15, 0.2) is 5.82 Å². The normalized spacial score (nSPS) is 11.3. The number of nitrogens with zero attached hydrogens (tertiary/aromatic N) is 2. The number of para-hydroxylation sites is 1. The number of aromatic nitrogens is 2. The van der Waals surface area contributed by atoms with Gasteiger partial charge in [0.1, 0.15) is 11.2 Å². The molecule has 0 aliphatic carbocycles. The fourth-order valence-electron chi connectivity index (χ4n) is 4.23. The molecular weight excluding hydrogens is 472 g/mol. The fraction of sp³-hybridized carbons (Fsp3) is 0.0345. The van der Waals surface area contributed by atoms with Gasteiger partial charge in [-0.05, 0) is 61.0 Å². The molecule has 2 heterocycles. The summed E-state index contributed by atoms with van der Waals surface area (Å²) in [6.07, 6.45) is 0. The Bertz CT molecular complexity index is 1620. The predicted molar refractivity (Wildman–Crippen MR) is 138 cm³/mol. The van der Waals surface area contributed by atoms with Crippen LogP contribution in [0, 0.1) is 6.92 Å². The summed E-state index contributed by atoms with van der Waals surface area (Å²) in [6, 6.07) is 32.9. The first kappa shape index (κ1) is 19.9. The molecule has 158 valence electrons. The van der Waals surface area contributed by atoms with E-state index in [0.29, 0.717) is 5.82 Å². The standard InChI is InChI=1S/C29H19BrN2O/c1-18-13-21(15-22(30)14-18)26-17-25(31-29(32-26)19-7-3-2-4-8-19)20-11-12-28-24(16-20)23-9-5-6-10-27(23)33-28/h2-17H,1H3. The zero-order valence-electron chi connectivity index (χ0n) is 17.9. The van der Waals surface area contributed by atoms with Crippen molar-refractivity contribution in [2.75, 3.05) is 0 Å². The van der Waals surface area contributed by atoms with Crippen LogP contribution in [0.5, 0.6) is 0 Å². The molecular formula is C29H19BrN2O. The quantitative estimate of drug-likeness (QED) is 0.249. The molecule has 3 nitrogen and oxygen atoms in total. The number of aryl methyl sites for hydroxylation is 1. The highest BCUT2D eigenvalue weighted by molar-refractivity contribution is 9.10. The van der Waals surface area contributed by atoms with Crippen LogP contribution in [0.3, 0.4) is 0 Å². The average Bonchev–Trinajstić information content (AvgIpc) is 3.22. The Labute approximate surface area is 199 Å². The van der Waals surface area contributed by atoms with Crippen molar-refractivity contribution >= 4 is 37.9 Å². The lowest BCUT2D eigenvalue weighted by Crippen LogP contribution is -1.96. The van der Waals surface area contributed by atoms with Crippen LogP contribution in [0.15, 0.2) is 106 Å². The molecule has 0 aliphatic rings. The summed E-state index contributed by atoms with van der Waals surface area (Å²) < 4.78 is 7.05. The molecule has 4 aromatic carbocycles. The molecule has 2 aromatic heterocycles. The number of rotatable bonds is 3. The van der Waals surface area contributed by atoms with Crippen molar-refractivity contribution in [2.24, 2.45) is 0 Å². The molecule has 0 fully saturated rings. The van der Waals surface area contributed by atoms with Gasteiger partial charge in [0.05, 0.1) is 11.4 Å². The molecule has 0 saturated carbocycles. The monoisotopic (exact) mass is 490 g/mol. The zero-order valence-corrected chi connectivity index (χ0v) is 19.5. The number of hydrogen-bond acceptors (Lipinski definition) is 3. The molecule has 0 unspecified atom stereocenters. The Morgan fingerprint density at radius 3 is 2.15 bits per heavy atom. The van der Waals surface area contributed by atoms with Crippen molar-refractivity contribution in [2.45, 2.75) is 6.92 Å². The number of fused-ring (bicyclic) bond motifs is 3. The highest BCUT2D eigenvalue weighted by Gasteiger charge is 2.13. The second kappa shape index (κ2) is 7.98. The van der Waals surface area contributed by atoms with Crippen molar-refractivity contribution in [3.05, 3.63) is 107 Å². The van der Waals surface area contributed by atoms with Crippen molar-refractivity contribution < 1.29 is 4.42 Å². The smallest absolute Gasteiger partial charge is 0.160 e. The Morgan fingerprint density at radius 1 is 0.606 bits per heavy atom. The van der Waals surface area contributed by atoms with E-state index in [9.17, 15) is 0 Å². The van der Waals surface area contributed by atoms with E-state index >= 15 is 0 Å². The molecule has 0 aliphatic heterocycles. The van der Waals surface area contributed by atoms with E-state index < -0.39 is 0 Å². The van der Waals surface area contributed by atoms with Crippen LogP contribution in [0.25, 0.3) is 55.8 Å². The third-order valence-electron chi connectivity index (χ3n) is 5.77. The Kier molecular flexibility index (Phi) is 4.81. The second-order valence-corrected chi connectivity index (χ2v) is 9.07. The van der Waals surface area contributed by atoms with E-state index in [0.717, 1.165) is 54.5 Å². The second-order valence-electron chi connectivity index (χ2n) is 8.15. The van der Waals surface area contributed by atoms with Crippen LogP contribution in [0.1, 0.15) is 5.56 Å². The van der Waals surface area contributed by atoms with Gasteiger partial charge < -0.3 is 4.42 Å². The van der Waals surface area contributed by atoms with E-state index in [1.807, 2.05) is 54.6 Å². The van der Waals surface area contributed by atoms with Crippen LogP contribution >= 0.6 is 15.9 Å². The number of benzene rings is 4. The maximum atomic E-state index is 6.02. The summed E-state index contributed by atoms with van der Waals surface area (Å²) in [5.74, 6) is 0.706. The van der Waals surface area contributed by atoms with Gasteiger partial charge in [-0.1, -0.05) is 64.5 Å². The molecule has 6 rings (SSSR count). The number of furan rings is 1. The summed E-state index contributed by atoms with van der Waals surface area (Å²) in [7, 11) is 0. The number of halogens is 1. The van der Waals surface area contributed by atoms with Gasteiger partial charge in [0.25, 0.3) is 0 Å². The van der Waals surface area contributed by atoms with Crippen molar-refractivity contribution in [3.63, 3.8) is 0 Å². The van der Waals surface area contributed by atoms with Gasteiger partial charge in [-0.2, -0.15) is 0 Å². The van der Waals surface area contributed by atoms with Gasteiger partial charge in [-0.25, -0.2) is 9.97 Å². The lowest BCUT2D eigenvalue weighted by atomic mass is 10.0. The van der Waals surface area contributed by atoms with Crippen LogP contribution in [0.4, 0.5) is 0 Å². The van der Waals surface area contributed by atoms with Crippen LogP contribution in [0.2, 0.25) is 0 Å². The van der Waals surface area contributed by atoms with Gasteiger partial charge in [0.2, 0.25) is 0 Å². The van der Waals surface area contributed by atoms with Crippen molar-refractivity contribution in [1.82, 2.24) is 9.97 Å². The van der Waals surface area contributed by atoms with Crippen LogP contribution in [-0.4, -0.2) is 9.97 Å². The molecule has 0 bridgehead atoms. The summed E-state index contributed by atoms with van der Waals surface area (Å²) in [4.78, 5) is 9.90. The molecule has 0 radical (unpaired) electrons. The summed E-state index contributed by atoms with van der Waals surface area (Å²) >= 11 is 3.63. The van der Waals surface area contributed by atoms with Gasteiger partial charge in [0, 0.05) is 31.9 Å². The van der Waals surface area contributed by atoms with E-state index in [1.165, 1.54) is 5.56 Å². The van der Waals surface area contributed by atoms with E-state index in [-0.39, 0.29) is 0 Å². The predicted octanol–water partition coefficient (Wildman–Crippen LogP) is 8.45. The molecule has 0 saturated heterocycles. The zero-order chi connectivity index (χ0) is 22.4. The van der Waals surface area contributed by atoms with E-state index in [2.05, 4.69) is 65.3 Å². The fourth-order valence-corrected chi connectivity index (χ4v) is 4.84. The lowest BCUT2D eigenvalue weighted by Gasteiger charge is -2.10. The van der Waals surface area contributed by atoms with E-state index in [1.54, 1.807) is 0 Å². The van der Waals surface area contributed by atoms with Gasteiger partial charge in [-0.3, -0.25) is 0 Å². The maximum absolute atomic E-state index is 6.02. The van der Waals surface area contributed by atoms with Gasteiger partial charge in [-0.15, -0.1) is 0 Å². The van der Waals surface area contributed by atoms with Crippen molar-refractivity contribution in [3.8, 4) is 33.9 Å². The van der Waals surface area contributed by atoms with Gasteiger partial charge >= 0.3 is 0 Å². The molecule has 0 spiro atoms. The Hall–Kier alpha value is -3.76. The third-order valence-corrected chi connectivity index (χ3v) is 6.23. The lowest BCUT2D eigenvalue weighted by molar-refractivity contribution is 0.669. The molecule has 0 atom stereocenters. The number of hydrogen-bond donors (Lipinski definition) is 0. The summed E-state index contributed by atoms with van der Waals surface area (Å²) in [5.41, 5.74) is 7.78. The average molecular weight is 491 g/mol. The first-order valence-corrected chi connectivity index (χ1v) is 11.6. The maximum Gasteiger partial charge on any atom is 0.160 e. The highest BCUT2D eigenvalue weighted by Crippen LogP contribution is 2.34. The molecule has 6 aromatic rings. The van der Waals surface area contributed by atoms with Crippen LogP contribution < -0.4 is 0 Å². The topological polar surface area (TPSA) is 38.9 Å². The van der Waals surface area contributed by atoms with E-state index in [4.69, 9.17) is 14.4 Å². The van der Waals surface area contributed by atoms with Crippen molar-refractivity contribution in [1.29, 1.82) is 0 Å². The molecule has 0 N–H and O–H groups in total. The SMILES string of the molecule is Cc1cc(Br)cc(-c2cc(-c3ccc4oc5ccccc5c4c3)nc(-c3ccccc3)n2)c1. The summed E-state index contributed by atoms with van der Waals surface area (Å²) in [6.45, 7) is 2.09. The first-order valence-electron chi connectivity index (χ1n) is 10.8. The van der Waals surface area contributed by atoms with Crippen LogP contribution in [-0.2, 0) is 0 Å². The molecule has 33 heavy (non-hydrogen) atoms. The third kappa shape index (κ3) is 3.73. The minimum atomic E-state index is 0.706. The minimum Gasteiger partial charge on any atom is -0.456 e. The Morgan fingerprint density at radius 2 is 1.33 bits per heavy atom. The molecule has 4 heteroatoms. The highest BCUT2D eigenvalue weighted by atomic mass is 79.9. The summed E-state index contributed by atoms with van der Waals surface area (Å²) in [5, 5.41) is 2.19. The minimum absolute atomic E-state index is 0.706. The largest absolute Gasteiger partial charge is 0.456 e.